The van der Waals surface area contributed by atoms with Gasteiger partial charge in [-0.2, -0.15) is 0 Å². The van der Waals surface area contributed by atoms with E-state index in [4.69, 9.17) is 4.52 Å². The van der Waals surface area contributed by atoms with E-state index >= 15 is 0 Å². The lowest BCUT2D eigenvalue weighted by atomic mass is 10.3. The predicted octanol–water partition coefficient (Wildman–Crippen LogP) is 2.34. The predicted molar refractivity (Wildman–Crippen MR) is 77.7 cm³/mol. The van der Waals surface area contributed by atoms with Crippen LogP contribution in [0.3, 0.4) is 0 Å². The molecule has 9 heteroatoms. The first-order valence-electron chi connectivity index (χ1n) is 6.35. The first-order chi connectivity index (χ1) is 10.1. The summed E-state index contributed by atoms with van der Waals surface area (Å²) in [5, 5.41) is 14.5. The van der Waals surface area contributed by atoms with E-state index in [0.717, 1.165) is 18.6 Å². The molecule has 0 aliphatic heterocycles. The molecular weight excluding hydrogens is 312 g/mol. The lowest BCUT2D eigenvalue weighted by Gasteiger charge is -1.94. The Bertz CT molecular complexity index is 678. The maximum atomic E-state index is 12.0. The van der Waals surface area contributed by atoms with Gasteiger partial charge in [-0.25, -0.2) is 0 Å². The van der Waals surface area contributed by atoms with Gasteiger partial charge < -0.3 is 4.52 Å². The standard InChI is InChI=1S/C12H12N4O3S2/c1-6(17)5-20-12-15-14-11(21-12)13-10(18)8-4-9(19-16-8)7-2-3-7/h4,7H,2-3,5H2,1H3,(H,13,14,18). The monoisotopic (exact) mass is 324 g/mol. The third-order valence-electron chi connectivity index (χ3n) is 2.77. The van der Waals surface area contributed by atoms with Crippen LogP contribution in [-0.4, -0.2) is 32.8 Å². The lowest BCUT2D eigenvalue weighted by Crippen LogP contribution is -2.11. The summed E-state index contributed by atoms with van der Waals surface area (Å²) >= 11 is 2.52. The molecule has 0 bridgehead atoms. The van der Waals surface area contributed by atoms with Gasteiger partial charge >= 0.3 is 0 Å². The van der Waals surface area contributed by atoms with Gasteiger partial charge in [0.15, 0.2) is 10.0 Å². The quantitative estimate of drug-likeness (QED) is 0.643. The van der Waals surface area contributed by atoms with Gasteiger partial charge in [-0.1, -0.05) is 28.3 Å². The molecule has 1 aliphatic rings. The van der Waals surface area contributed by atoms with Crippen LogP contribution >= 0.6 is 23.1 Å². The zero-order valence-electron chi connectivity index (χ0n) is 11.2. The molecule has 0 aromatic carbocycles. The van der Waals surface area contributed by atoms with Crippen molar-refractivity contribution in [2.24, 2.45) is 0 Å². The number of aromatic nitrogens is 3. The summed E-state index contributed by atoms with van der Waals surface area (Å²) in [6, 6.07) is 1.67. The SMILES string of the molecule is CC(=O)CSc1nnc(NC(=O)c2cc(C3CC3)on2)s1. The van der Waals surface area contributed by atoms with E-state index < -0.39 is 0 Å². The Morgan fingerprint density at radius 3 is 3.00 bits per heavy atom. The van der Waals surface area contributed by atoms with E-state index in [1.54, 1.807) is 6.07 Å². The minimum Gasteiger partial charge on any atom is -0.360 e. The van der Waals surface area contributed by atoms with Gasteiger partial charge in [0, 0.05) is 12.0 Å². The summed E-state index contributed by atoms with van der Waals surface area (Å²) in [6.45, 7) is 1.51. The molecule has 2 aromatic heterocycles. The summed E-state index contributed by atoms with van der Waals surface area (Å²) in [5.41, 5.74) is 0.241. The minimum atomic E-state index is -0.370. The van der Waals surface area contributed by atoms with E-state index in [1.807, 2.05) is 0 Å². The van der Waals surface area contributed by atoms with Gasteiger partial charge in [0.1, 0.15) is 11.5 Å². The van der Waals surface area contributed by atoms with Crippen molar-refractivity contribution in [1.82, 2.24) is 15.4 Å². The fourth-order valence-corrected chi connectivity index (χ4v) is 3.15. The van der Waals surface area contributed by atoms with Crippen molar-refractivity contribution < 1.29 is 14.1 Å². The van der Waals surface area contributed by atoms with Crippen molar-refractivity contribution in [2.75, 3.05) is 11.1 Å². The van der Waals surface area contributed by atoms with Crippen LogP contribution in [0.25, 0.3) is 0 Å². The fraction of sp³-hybridized carbons (Fsp3) is 0.417. The molecule has 21 heavy (non-hydrogen) atoms. The third-order valence-corrected chi connectivity index (χ3v) is 4.88. The molecule has 1 N–H and O–H groups in total. The number of Topliss-reactive ketones (excluding diaryl/α,β-unsaturated/α-hetero) is 1. The van der Waals surface area contributed by atoms with E-state index in [1.165, 1.54) is 30.0 Å². The third kappa shape index (κ3) is 3.67. The average molecular weight is 324 g/mol. The Kier molecular flexibility index (Phi) is 4.02. The Morgan fingerprint density at radius 2 is 2.29 bits per heavy atom. The normalized spacial score (nSPS) is 14.1. The molecule has 0 saturated heterocycles. The van der Waals surface area contributed by atoms with E-state index in [-0.39, 0.29) is 17.4 Å². The van der Waals surface area contributed by atoms with Crippen molar-refractivity contribution in [3.63, 3.8) is 0 Å². The molecule has 0 atom stereocenters. The van der Waals surface area contributed by atoms with Crippen LogP contribution in [0.5, 0.6) is 0 Å². The zero-order chi connectivity index (χ0) is 14.8. The van der Waals surface area contributed by atoms with Gasteiger partial charge in [0.05, 0.1) is 5.75 Å². The number of amides is 1. The van der Waals surface area contributed by atoms with Crippen molar-refractivity contribution in [2.45, 2.75) is 30.0 Å². The molecule has 0 spiro atoms. The van der Waals surface area contributed by atoms with Crippen molar-refractivity contribution in [1.29, 1.82) is 0 Å². The Balaban J connectivity index is 1.59. The highest BCUT2D eigenvalue weighted by molar-refractivity contribution is 8.01. The van der Waals surface area contributed by atoms with Crippen LogP contribution in [0, 0.1) is 0 Å². The molecule has 1 fully saturated rings. The second kappa shape index (κ2) is 5.94. The second-order valence-corrected chi connectivity index (χ2v) is 6.91. The number of rotatable bonds is 6. The maximum absolute atomic E-state index is 12.0. The lowest BCUT2D eigenvalue weighted by molar-refractivity contribution is -0.114. The molecule has 110 valence electrons. The molecule has 2 aromatic rings. The fourth-order valence-electron chi connectivity index (χ4n) is 1.60. The highest BCUT2D eigenvalue weighted by atomic mass is 32.2. The summed E-state index contributed by atoms with van der Waals surface area (Å²) in [5.74, 6) is 1.21. The van der Waals surface area contributed by atoms with Gasteiger partial charge in [0.25, 0.3) is 5.91 Å². The molecular formula is C12H12N4O3S2. The number of nitrogens with one attached hydrogen (secondary N) is 1. The van der Waals surface area contributed by atoms with Crippen LogP contribution in [0.15, 0.2) is 14.9 Å². The molecule has 1 aliphatic carbocycles. The topological polar surface area (TPSA) is 98.0 Å². The van der Waals surface area contributed by atoms with Crippen LogP contribution < -0.4 is 5.32 Å². The summed E-state index contributed by atoms with van der Waals surface area (Å²) in [6.07, 6.45) is 2.17. The van der Waals surface area contributed by atoms with Crippen LogP contribution in [0.4, 0.5) is 5.13 Å². The van der Waals surface area contributed by atoms with Crippen molar-refractivity contribution >= 4 is 39.9 Å². The number of hydrogen-bond acceptors (Lipinski definition) is 8. The number of nitrogens with zero attached hydrogens (tertiary/aromatic N) is 3. The Labute approximate surface area is 128 Å². The summed E-state index contributed by atoms with van der Waals surface area (Å²) < 4.78 is 5.77. The van der Waals surface area contributed by atoms with Gasteiger partial charge in [-0.3, -0.25) is 14.9 Å². The highest BCUT2D eigenvalue weighted by Crippen LogP contribution is 2.40. The van der Waals surface area contributed by atoms with Gasteiger partial charge in [0.2, 0.25) is 5.13 Å². The number of carbonyl (C=O) groups excluding carboxylic acids is 2. The largest absolute Gasteiger partial charge is 0.360 e. The molecule has 3 rings (SSSR count). The molecule has 0 radical (unpaired) electrons. The summed E-state index contributed by atoms with van der Waals surface area (Å²) in [4.78, 5) is 22.9. The molecule has 1 amide bonds. The van der Waals surface area contributed by atoms with Gasteiger partial charge in [-0.05, 0) is 19.8 Å². The first-order valence-corrected chi connectivity index (χ1v) is 8.15. The summed E-state index contributed by atoms with van der Waals surface area (Å²) in [7, 11) is 0. The second-order valence-electron chi connectivity index (χ2n) is 4.71. The van der Waals surface area contributed by atoms with E-state index in [9.17, 15) is 9.59 Å². The zero-order valence-corrected chi connectivity index (χ0v) is 12.8. The van der Waals surface area contributed by atoms with Gasteiger partial charge in [-0.15, -0.1) is 10.2 Å². The van der Waals surface area contributed by atoms with Crippen LogP contribution in [0.1, 0.15) is 41.9 Å². The van der Waals surface area contributed by atoms with E-state index in [0.29, 0.717) is 21.1 Å². The van der Waals surface area contributed by atoms with Crippen LogP contribution in [-0.2, 0) is 4.79 Å². The molecule has 7 nitrogen and oxygen atoms in total. The highest BCUT2D eigenvalue weighted by Gasteiger charge is 2.29. The van der Waals surface area contributed by atoms with Crippen molar-refractivity contribution in [3.8, 4) is 0 Å². The van der Waals surface area contributed by atoms with E-state index in [2.05, 4.69) is 20.7 Å². The molecule has 0 unspecified atom stereocenters. The number of carbonyl (C=O) groups is 2. The molecule has 2 heterocycles. The molecule has 1 saturated carbocycles. The Hall–Kier alpha value is -1.74. The Morgan fingerprint density at radius 1 is 1.48 bits per heavy atom. The maximum Gasteiger partial charge on any atom is 0.279 e. The van der Waals surface area contributed by atoms with Crippen molar-refractivity contribution in [3.05, 3.63) is 17.5 Å². The average Bonchev–Trinajstić information content (AvgIpc) is 3.01. The number of anilines is 1. The number of thioether (sulfide) groups is 1. The minimum absolute atomic E-state index is 0.0657. The van der Waals surface area contributed by atoms with Crippen LogP contribution in [0.2, 0.25) is 0 Å². The first kappa shape index (κ1) is 14.2. The number of ketones is 1. The number of hydrogen-bond donors (Lipinski definition) is 1. The smallest absolute Gasteiger partial charge is 0.279 e.